The van der Waals surface area contributed by atoms with E-state index in [0.717, 1.165) is 11.8 Å². The zero-order valence-electron chi connectivity index (χ0n) is 19.8. The number of ketones is 1. The van der Waals surface area contributed by atoms with Gasteiger partial charge in [-0.15, -0.1) is 0 Å². The molecular weight excluding hydrogens is 491 g/mol. The highest BCUT2D eigenvalue weighted by molar-refractivity contribution is 7.46. The second kappa shape index (κ2) is 12.1. The van der Waals surface area contributed by atoms with Crippen LogP contribution in [0.25, 0.3) is 0 Å². The summed E-state index contributed by atoms with van der Waals surface area (Å²) < 4.78 is 15.2. The number of amides is 2. The third-order valence-corrected chi connectivity index (χ3v) is 5.97. The quantitative estimate of drug-likeness (QED) is 0.178. The van der Waals surface area contributed by atoms with Crippen molar-refractivity contribution in [3.63, 3.8) is 0 Å². The van der Waals surface area contributed by atoms with Crippen molar-refractivity contribution in [2.45, 2.75) is 18.6 Å². The molecule has 0 unspecified atom stereocenters. The van der Waals surface area contributed by atoms with E-state index in [2.05, 4.69) is 21.7 Å². The van der Waals surface area contributed by atoms with Crippen LogP contribution in [-0.2, 0) is 18.7 Å². The SMILES string of the molecule is CNC(=O)[C@@](C)(C(=O)COP(=O)(O)O)N(C)C(=O)c1ccc(C#Cc2ccc([C@H](O)CO)cc2)cc1. The molecule has 0 saturated carbocycles. The monoisotopic (exact) mass is 518 g/mol. The first-order valence-corrected chi connectivity index (χ1v) is 12.1. The maximum Gasteiger partial charge on any atom is 0.470 e. The maximum absolute atomic E-state index is 13.0. The van der Waals surface area contributed by atoms with Crippen LogP contribution < -0.4 is 5.32 Å². The molecule has 2 aromatic carbocycles. The zero-order valence-corrected chi connectivity index (χ0v) is 20.7. The summed E-state index contributed by atoms with van der Waals surface area (Å²) in [5, 5.41) is 20.9. The Hall–Kier alpha value is -3.36. The van der Waals surface area contributed by atoms with Gasteiger partial charge < -0.3 is 30.2 Å². The first-order chi connectivity index (χ1) is 16.8. The number of nitrogens with one attached hydrogen (secondary N) is 1. The van der Waals surface area contributed by atoms with Gasteiger partial charge >= 0.3 is 7.82 Å². The topological polar surface area (TPSA) is 174 Å². The summed E-state index contributed by atoms with van der Waals surface area (Å²) in [5.74, 6) is 3.29. The number of rotatable bonds is 9. The molecule has 2 rings (SSSR count). The van der Waals surface area contributed by atoms with E-state index in [9.17, 15) is 24.1 Å². The van der Waals surface area contributed by atoms with E-state index in [1.807, 2.05) is 0 Å². The van der Waals surface area contributed by atoms with E-state index in [1.165, 1.54) is 26.2 Å². The number of likely N-dealkylation sites (N-methyl/N-ethyl adjacent to an activating group) is 2. The fourth-order valence-corrected chi connectivity index (χ4v) is 3.41. The van der Waals surface area contributed by atoms with E-state index < -0.39 is 43.7 Å². The maximum atomic E-state index is 13.0. The lowest BCUT2D eigenvalue weighted by atomic mass is 9.92. The number of nitrogens with zero attached hydrogens (tertiary/aromatic N) is 1. The predicted molar refractivity (Wildman–Crippen MR) is 128 cm³/mol. The van der Waals surface area contributed by atoms with Crippen molar-refractivity contribution in [3.05, 3.63) is 70.8 Å². The molecule has 0 heterocycles. The van der Waals surface area contributed by atoms with Crippen molar-refractivity contribution in [1.82, 2.24) is 10.2 Å². The lowest BCUT2D eigenvalue weighted by Crippen LogP contribution is -2.62. The third kappa shape index (κ3) is 7.08. The normalized spacial score (nSPS) is 13.5. The molecule has 5 N–H and O–H groups in total. The van der Waals surface area contributed by atoms with Gasteiger partial charge in [-0.3, -0.25) is 18.9 Å². The van der Waals surface area contributed by atoms with Gasteiger partial charge in [0.1, 0.15) is 12.7 Å². The van der Waals surface area contributed by atoms with Gasteiger partial charge in [0.05, 0.1) is 6.61 Å². The lowest BCUT2D eigenvalue weighted by Gasteiger charge is -2.35. The first kappa shape index (κ1) is 28.9. The van der Waals surface area contributed by atoms with Crippen molar-refractivity contribution in [3.8, 4) is 11.8 Å². The van der Waals surface area contributed by atoms with Gasteiger partial charge in [0.15, 0.2) is 11.3 Å². The molecular formula is C24H27N2O9P. The average molecular weight is 518 g/mol. The van der Waals surface area contributed by atoms with Crippen molar-refractivity contribution in [1.29, 1.82) is 0 Å². The summed E-state index contributed by atoms with van der Waals surface area (Å²) in [7, 11) is -2.50. The highest BCUT2D eigenvalue weighted by Crippen LogP contribution is 2.36. The fourth-order valence-electron chi connectivity index (χ4n) is 3.12. The van der Waals surface area contributed by atoms with Gasteiger partial charge in [0.2, 0.25) is 0 Å². The highest BCUT2D eigenvalue weighted by Gasteiger charge is 2.47. The molecule has 192 valence electrons. The number of hydrogen-bond acceptors (Lipinski definition) is 7. The third-order valence-electron chi connectivity index (χ3n) is 5.50. The number of carbonyl (C=O) groups is 3. The summed E-state index contributed by atoms with van der Waals surface area (Å²) in [5.41, 5.74) is -0.153. The van der Waals surface area contributed by atoms with Crippen molar-refractivity contribution in [2.75, 3.05) is 27.3 Å². The average Bonchev–Trinajstić information content (AvgIpc) is 2.88. The number of Topliss-reactive ketones (excluding diaryl/α,β-unsaturated/α-hetero) is 1. The van der Waals surface area contributed by atoms with Gasteiger partial charge in [-0.2, -0.15) is 0 Å². The molecule has 2 atom stereocenters. The summed E-state index contributed by atoms with van der Waals surface area (Å²) in [6.07, 6.45) is -0.964. The minimum Gasteiger partial charge on any atom is -0.393 e. The molecule has 0 saturated heterocycles. The van der Waals surface area contributed by atoms with Crippen molar-refractivity contribution < 1.29 is 43.5 Å². The van der Waals surface area contributed by atoms with E-state index in [4.69, 9.17) is 14.9 Å². The number of carbonyl (C=O) groups excluding carboxylic acids is 3. The Balaban J connectivity index is 2.21. The van der Waals surface area contributed by atoms with Crippen LogP contribution in [0.2, 0.25) is 0 Å². The predicted octanol–water partition coefficient (Wildman–Crippen LogP) is 0.367. The number of aliphatic hydroxyl groups is 2. The Labute approximate surface area is 208 Å². The van der Waals surface area contributed by atoms with E-state index >= 15 is 0 Å². The Morgan fingerprint density at radius 2 is 1.56 bits per heavy atom. The largest absolute Gasteiger partial charge is 0.470 e. The van der Waals surface area contributed by atoms with Crippen LogP contribution in [0.15, 0.2) is 48.5 Å². The zero-order chi connectivity index (χ0) is 27.1. The van der Waals surface area contributed by atoms with Gasteiger partial charge in [0, 0.05) is 30.8 Å². The Morgan fingerprint density at radius 1 is 1.06 bits per heavy atom. The Bertz CT molecular complexity index is 1210. The molecule has 2 aromatic rings. The number of hydrogen-bond donors (Lipinski definition) is 5. The first-order valence-electron chi connectivity index (χ1n) is 10.6. The van der Waals surface area contributed by atoms with Gasteiger partial charge in [-0.05, 0) is 48.9 Å². The van der Waals surface area contributed by atoms with Crippen LogP contribution in [0.1, 0.15) is 40.1 Å². The molecule has 11 nitrogen and oxygen atoms in total. The second-order valence-electron chi connectivity index (χ2n) is 7.85. The summed E-state index contributed by atoms with van der Waals surface area (Å²) >= 11 is 0. The van der Waals surface area contributed by atoms with Crippen molar-refractivity contribution >= 4 is 25.4 Å². The summed E-state index contributed by atoms with van der Waals surface area (Å²) in [6, 6.07) is 12.8. The van der Waals surface area contributed by atoms with E-state index in [1.54, 1.807) is 36.4 Å². The molecule has 0 radical (unpaired) electrons. The van der Waals surface area contributed by atoms with Crippen LogP contribution in [-0.4, -0.2) is 75.3 Å². The van der Waals surface area contributed by atoms with Crippen molar-refractivity contribution in [2.24, 2.45) is 0 Å². The summed E-state index contributed by atoms with van der Waals surface area (Å²) in [4.78, 5) is 56.8. The van der Waals surface area contributed by atoms with E-state index in [0.29, 0.717) is 16.7 Å². The van der Waals surface area contributed by atoms with Crippen LogP contribution in [0.5, 0.6) is 0 Å². The van der Waals surface area contributed by atoms with Crippen LogP contribution in [0.3, 0.4) is 0 Å². The molecule has 0 fully saturated rings. The second-order valence-corrected chi connectivity index (χ2v) is 9.09. The lowest BCUT2D eigenvalue weighted by molar-refractivity contribution is -0.142. The smallest absolute Gasteiger partial charge is 0.393 e. The fraction of sp³-hybridized carbons (Fsp3) is 0.292. The number of phosphoric acid groups is 1. The molecule has 0 aromatic heterocycles. The standard InChI is InChI=1S/C24H27N2O9P/c1-24(23(31)25-2,21(29)15-35-36(32,33)34)26(3)22(30)19-12-8-17(9-13-19)5-4-16-6-10-18(11-7-16)20(28)14-27/h6-13,20,27-28H,14-15H2,1-3H3,(H,25,31)(H2,32,33,34)/t20-,24-/m1/s1. The van der Waals surface area contributed by atoms with E-state index in [-0.39, 0.29) is 12.2 Å². The van der Waals surface area contributed by atoms with Gasteiger partial charge in [0.25, 0.3) is 11.8 Å². The molecule has 2 amide bonds. The van der Waals surface area contributed by atoms with Crippen LogP contribution in [0, 0.1) is 11.8 Å². The molecule has 0 bridgehead atoms. The Kier molecular flexibility index (Phi) is 9.67. The minimum atomic E-state index is -4.97. The number of phosphoric ester groups is 1. The minimum absolute atomic E-state index is 0.143. The highest BCUT2D eigenvalue weighted by atomic mass is 31.2. The molecule has 0 aliphatic carbocycles. The van der Waals surface area contributed by atoms with Crippen LogP contribution in [0.4, 0.5) is 0 Å². The molecule has 0 spiro atoms. The molecule has 0 aliphatic heterocycles. The van der Waals surface area contributed by atoms with Gasteiger partial charge in [-0.25, -0.2) is 4.57 Å². The van der Waals surface area contributed by atoms with Gasteiger partial charge in [-0.1, -0.05) is 24.0 Å². The molecule has 36 heavy (non-hydrogen) atoms. The Morgan fingerprint density at radius 3 is 2.00 bits per heavy atom. The molecule has 12 heteroatoms. The summed E-state index contributed by atoms with van der Waals surface area (Å²) in [6.45, 7) is -0.317. The number of benzene rings is 2. The molecule has 0 aliphatic rings. The number of aliphatic hydroxyl groups excluding tert-OH is 2. The van der Waals surface area contributed by atoms with Crippen LogP contribution >= 0.6 is 7.82 Å².